The van der Waals surface area contributed by atoms with Crippen molar-refractivity contribution in [2.24, 2.45) is 5.84 Å². The van der Waals surface area contributed by atoms with Crippen LogP contribution in [-0.4, -0.2) is 16.6 Å². The van der Waals surface area contributed by atoms with E-state index in [2.05, 4.69) is 5.32 Å². The van der Waals surface area contributed by atoms with Gasteiger partial charge in [-0.3, -0.25) is 9.80 Å². The van der Waals surface area contributed by atoms with E-state index in [4.69, 9.17) is 5.84 Å². The van der Waals surface area contributed by atoms with E-state index < -0.39 is 0 Å². The van der Waals surface area contributed by atoms with Gasteiger partial charge in [0.1, 0.15) is 5.66 Å². The van der Waals surface area contributed by atoms with Crippen molar-refractivity contribution >= 4 is 11.6 Å². The maximum Gasteiger partial charge on any atom is 0.272 e. The van der Waals surface area contributed by atoms with E-state index in [0.717, 1.165) is 31.4 Å². The Balaban J connectivity index is 2.08. The monoisotopic (exact) mass is 217 g/mol. The molecular weight excluding hydrogens is 202 g/mol. The molecule has 1 spiro atoms. The second kappa shape index (κ2) is 3.22. The number of hydrazine groups is 1. The summed E-state index contributed by atoms with van der Waals surface area (Å²) >= 11 is 0. The fraction of sp³-hybridized carbons (Fsp3) is 0.417. The van der Waals surface area contributed by atoms with Crippen LogP contribution in [0.3, 0.4) is 0 Å². The zero-order valence-electron chi connectivity index (χ0n) is 9.07. The number of carbonyl (C=O) groups is 1. The van der Waals surface area contributed by atoms with Crippen LogP contribution >= 0.6 is 0 Å². The van der Waals surface area contributed by atoms with Gasteiger partial charge >= 0.3 is 0 Å². The van der Waals surface area contributed by atoms with E-state index in [1.165, 1.54) is 5.01 Å². The van der Waals surface area contributed by atoms with Gasteiger partial charge in [0.2, 0.25) is 0 Å². The number of anilines is 1. The minimum absolute atomic E-state index is 0.0729. The number of amides is 1. The molecule has 0 saturated heterocycles. The molecule has 1 heterocycles. The first-order chi connectivity index (χ1) is 7.73. The van der Waals surface area contributed by atoms with Crippen LogP contribution in [0.1, 0.15) is 36.0 Å². The number of nitrogens with zero attached hydrogens (tertiary/aromatic N) is 1. The number of para-hydroxylation sites is 1. The van der Waals surface area contributed by atoms with Gasteiger partial charge in [0, 0.05) is 5.69 Å². The lowest BCUT2D eigenvalue weighted by atomic mass is 10.00. The Hall–Kier alpha value is -1.55. The summed E-state index contributed by atoms with van der Waals surface area (Å²) in [5.74, 6) is 5.88. The van der Waals surface area contributed by atoms with E-state index in [1.54, 1.807) is 0 Å². The number of rotatable bonds is 0. The molecule has 1 fully saturated rings. The molecule has 0 bridgehead atoms. The molecule has 3 N–H and O–H groups in total. The fourth-order valence-corrected chi connectivity index (χ4v) is 2.74. The first kappa shape index (κ1) is 9.66. The van der Waals surface area contributed by atoms with Crippen molar-refractivity contribution in [3.05, 3.63) is 29.8 Å². The van der Waals surface area contributed by atoms with Crippen LogP contribution < -0.4 is 11.2 Å². The number of hydrogen-bond acceptors (Lipinski definition) is 3. The Kier molecular flexibility index (Phi) is 1.94. The third-order valence-corrected chi connectivity index (χ3v) is 3.64. The Morgan fingerprint density at radius 3 is 2.69 bits per heavy atom. The lowest BCUT2D eigenvalue weighted by Crippen LogP contribution is -2.61. The molecule has 4 nitrogen and oxygen atoms in total. The summed E-state index contributed by atoms with van der Waals surface area (Å²) in [4.78, 5) is 12.1. The van der Waals surface area contributed by atoms with Crippen LogP contribution in [0.2, 0.25) is 0 Å². The van der Waals surface area contributed by atoms with E-state index in [9.17, 15) is 4.79 Å². The van der Waals surface area contributed by atoms with Gasteiger partial charge in [0.25, 0.3) is 5.91 Å². The van der Waals surface area contributed by atoms with Gasteiger partial charge in [-0.05, 0) is 37.8 Å². The van der Waals surface area contributed by atoms with E-state index in [1.807, 2.05) is 24.3 Å². The Morgan fingerprint density at radius 2 is 1.94 bits per heavy atom. The average Bonchev–Trinajstić information content (AvgIpc) is 2.76. The SMILES string of the molecule is NN1C(=O)c2ccccc2NC12CCCC2. The highest BCUT2D eigenvalue weighted by atomic mass is 16.2. The summed E-state index contributed by atoms with van der Waals surface area (Å²) in [6, 6.07) is 7.56. The number of benzene rings is 1. The molecule has 1 aromatic rings. The zero-order chi connectivity index (χ0) is 11.2. The lowest BCUT2D eigenvalue weighted by Gasteiger charge is -2.43. The summed E-state index contributed by atoms with van der Waals surface area (Å²) < 4.78 is 0. The normalized spacial score (nSPS) is 22.1. The molecule has 1 aliphatic carbocycles. The second-order valence-corrected chi connectivity index (χ2v) is 4.58. The molecule has 1 aromatic carbocycles. The summed E-state index contributed by atoms with van der Waals surface area (Å²) in [5.41, 5.74) is 1.24. The number of nitrogens with one attached hydrogen (secondary N) is 1. The molecule has 2 aliphatic rings. The van der Waals surface area contributed by atoms with Gasteiger partial charge in [-0.1, -0.05) is 12.1 Å². The summed E-state index contributed by atoms with van der Waals surface area (Å²) in [6.45, 7) is 0. The van der Waals surface area contributed by atoms with Gasteiger partial charge in [0.15, 0.2) is 0 Å². The smallest absolute Gasteiger partial charge is 0.272 e. The van der Waals surface area contributed by atoms with Crippen LogP contribution in [-0.2, 0) is 0 Å². The largest absolute Gasteiger partial charge is 0.361 e. The van der Waals surface area contributed by atoms with E-state index in [0.29, 0.717) is 5.56 Å². The van der Waals surface area contributed by atoms with Crippen molar-refractivity contribution in [3.63, 3.8) is 0 Å². The molecule has 0 aromatic heterocycles. The van der Waals surface area contributed by atoms with E-state index >= 15 is 0 Å². The highest BCUT2D eigenvalue weighted by molar-refractivity contribution is 6.01. The minimum Gasteiger partial charge on any atom is -0.361 e. The maximum absolute atomic E-state index is 12.1. The van der Waals surface area contributed by atoms with Gasteiger partial charge in [-0.25, -0.2) is 5.84 Å². The third kappa shape index (κ3) is 1.16. The van der Waals surface area contributed by atoms with Crippen LogP contribution in [0.4, 0.5) is 5.69 Å². The molecule has 0 atom stereocenters. The molecule has 84 valence electrons. The second-order valence-electron chi connectivity index (χ2n) is 4.58. The molecular formula is C12H15N3O. The first-order valence-corrected chi connectivity index (χ1v) is 5.69. The van der Waals surface area contributed by atoms with Crippen molar-refractivity contribution in [3.8, 4) is 0 Å². The van der Waals surface area contributed by atoms with E-state index in [-0.39, 0.29) is 11.6 Å². The molecule has 16 heavy (non-hydrogen) atoms. The van der Waals surface area contributed by atoms with Gasteiger partial charge < -0.3 is 5.32 Å². The molecule has 0 unspecified atom stereocenters. The predicted octanol–water partition coefficient (Wildman–Crippen LogP) is 1.70. The summed E-state index contributed by atoms with van der Waals surface area (Å²) in [6.07, 6.45) is 4.11. The standard InChI is InChI=1S/C12H15N3O/c13-15-11(16)9-5-1-2-6-10(9)14-12(15)7-3-4-8-12/h1-2,5-6,14H,3-4,7-8,13H2. The Bertz CT molecular complexity index is 438. The molecule has 1 saturated carbocycles. The molecule has 1 aliphatic heterocycles. The van der Waals surface area contributed by atoms with Gasteiger partial charge in [0.05, 0.1) is 5.56 Å². The predicted molar refractivity (Wildman–Crippen MR) is 61.6 cm³/mol. The lowest BCUT2D eigenvalue weighted by molar-refractivity contribution is 0.0516. The molecule has 4 heteroatoms. The van der Waals surface area contributed by atoms with Crippen LogP contribution in [0.15, 0.2) is 24.3 Å². The number of carbonyl (C=O) groups excluding carboxylic acids is 1. The summed E-state index contributed by atoms with van der Waals surface area (Å²) in [7, 11) is 0. The highest BCUT2D eigenvalue weighted by Gasteiger charge is 2.45. The number of hydrogen-bond donors (Lipinski definition) is 2. The van der Waals surface area contributed by atoms with Crippen molar-refractivity contribution in [2.45, 2.75) is 31.3 Å². The van der Waals surface area contributed by atoms with Crippen LogP contribution in [0.25, 0.3) is 0 Å². The Morgan fingerprint density at radius 1 is 1.25 bits per heavy atom. The molecule has 3 rings (SSSR count). The number of fused-ring (bicyclic) bond motifs is 1. The van der Waals surface area contributed by atoms with Crippen molar-refractivity contribution in [2.75, 3.05) is 5.32 Å². The highest BCUT2D eigenvalue weighted by Crippen LogP contribution is 2.39. The van der Waals surface area contributed by atoms with Gasteiger partial charge in [-0.15, -0.1) is 0 Å². The van der Waals surface area contributed by atoms with Crippen molar-refractivity contribution in [1.29, 1.82) is 0 Å². The third-order valence-electron chi connectivity index (χ3n) is 3.64. The average molecular weight is 217 g/mol. The minimum atomic E-state index is -0.342. The van der Waals surface area contributed by atoms with Gasteiger partial charge in [-0.2, -0.15) is 0 Å². The fourth-order valence-electron chi connectivity index (χ4n) is 2.74. The Labute approximate surface area is 94.4 Å². The quantitative estimate of drug-likeness (QED) is 0.513. The maximum atomic E-state index is 12.1. The molecule has 1 amide bonds. The first-order valence-electron chi connectivity index (χ1n) is 5.69. The molecule has 0 radical (unpaired) electrons. The van der Waals surface area contributed by atoms with Crippen molar-refractivity contribution in [1.82, 2.24) is 5.01 Å². The summed E-state index contributed by atoms with van der Waals surface area (Å²) in [5, 5.41) is 4.82. The zero-order valence-corrected chi connectivity index (χ0v) is 9.07. The van der Waals surface area contributed by atoms with Crippen molar-refractivity contribution < 1.29 is 4.79 Å². The van der Waals surface area contributed by atoms with Crippen LogP contribution in [0.5, 0.6) is 0 Å². The topological polar surface area (TPSA) is 58.4 Å². The number of nitrogens with two attached hydrogens (primary N) is 1. The van der Waals surface area contributed by atoms with Crippen LogP contribution in [0, 0.1) is 0 Å².